The van der Waals surface area contributed by atoms with Gasteiger partial charge in [0.2, 0.25) is 0 Å². The van der Waals surface area contributed by atoms with E-state index in [4.69, 9.17) is 14.0 Å². The number of carboxylic acid groups (broad SMARTS) is 2. The fourth-order valence-corrected chi connectivity index (χ4v) is 3.17. The lowest BCUT2D eigenvalue weighted by Crippen LogP contribution is -2.46. The zero-order chi connectivity index (χ0) is 22.1. The number of fused-ring (bicyclic) bond motifs is 3. The van der Waals surface area contributed by atoms with Crippen LogP contribution in [0, 0.1) is 0 Å². The SMILES string of the molecule is [2H]C([2H])[C@@]([2H])(C(=O)O)N(CC(=O)O)C(=O)OCC1c2ccccc2-c2ccccc21. The van der Waals surface area contributed by atoms with Gasteiger partial charge in [0.1, 0.15) is 19.2 Å². The van der Waals surface area contributed by atoms with Crippen molar-refractivity contribution in [2.75, 3.05) is 13.2 Å². The predicted octanol–water partition coefficient (Wildman–Crippen LogP) is 2.80. The number of benzene rings is 2. The van der Waals surface area contributed by atoms with Gasteiger partial charge < -0.3 is 14.9 Å². The summed E-state index contributed by atoms with van der Waals surface area (Å²) in [6, 6.07) is 11.9. The van der Waals surface area contributed by atoms with Crippen molar-refractivity contribution in [2.45, 2.75) is 18.8 Å². The van der Waals surface area contributed by atoms with Gasteiger partial charge in [-0.3, -0.25) is 9.69 Å². The second-order valence-electron chi connectivity index (χ2n) is 5.97. The van der Waals surface area contributed by atoms with Gasteiger partial charge in [-0.1, -0.05) is 48.5 Å². The number of carbonyl (C=O) groups is 3. The maximum absolute atomic E-state index is 12.6. The molecule has 1 aliphatic rings. The second-order valence-corrected chi connectivity index (χ2v) is 5.97. The van der Waals surface area contributed by atoms with Crippen molar-refractivity contribution >= 4 is 18.0 Å². The summed E-state index contributed by atoms with van der Waals surface area (Å²) in [6.07, 6.45) is -1.39. The second kappa shape index (κ2) is 7.49. The van der Waals surface area contributed by atoms with Crippen LogP contribution in [-0.4, -0.2) is 52.3 Å². The van der Waals surface area contributed by atoms with Crippen LogP contribution in [0.3, 0.4) is 0 Å². The van der Waals surface area contributed by atoms with Crippen molar-refractivity contribution in [1.82, 2.24) is 4.90 Å². The zero-order valence-corrected chi connectivity index (χ0v) is 14.2. The monoisotopic (exact) mass is 372 g/mol. The molecule has 7 nitrogen and oxygen atoms in total. The molecular formula is C20H19NO6. The predicted molar refractivity (Wildman–Crippen MR) is 96.5 cm³/mol. The van der Waals surface area contributed by atoms with E-state index in [-0.39, 0.29) is 17.4 Å². The summed E-state index contributed by atoms with van der Waals surface area (Å²) >= 11 is 0. The molecule has 1 amide bonds. The topological polar surface area (TPSA) is 104 Å². The highest BCUT2D eigenvalue weighted by Gasteiger charge is 2.32. The van der Waals surface area contributed by atoms with Crippen LogP contribution in [0.25, 0.3) is 11.1 Å². The molecule has 0 spiro atoms. The third-order valence-electron chi connectivity index (χ3n) is 4.36. The number of nitrogens with zero attached hydrogens (tertiary/aromatic N) is 1. The molecule has 1 atom stereocenters. The quantitative estimate of drug-likeness (QED) is 0.808. The summed E-state index contributed by atoms with van der Waals surface area (Å²) in [5.74, 6) is -3.95. The van der Waals surface area contributed by atoms with Gasteiger partial charge in [0.05, 0.1) is 1.37 Å². The van der Waals surface area contributed by atoms with Crippen LogP contribution < -0.4 is 0 Å². The maximum atomic E-state index is 12.6. The lowest BCUT2D eigenvalue weighted by Gasteiger charge is -2.25. The van der Waals surface area contributed by atoms with E-state index in [9.17, 15) is 19.5 Å². The first-order valence-electron chi connectivity index (χ1n) is 9.75. The summed E-state index contributed by atoms with van der Waals surface area (Å²) in [5.41, 5.74) is 3.72. The minimum Gasteiger partial charge on any atom is -0.480 e. The van der Waals surface area contributed by atoms with Crippen molar-refractivity contribution < 1.29 is 33.4 Å². The van der Waals surface area contributed by atoms with E-state index in [0.717, 1.165) is 22.3 Å². The third kappa shape index (κ3) is 3.62. The van der Waals surface area contributed by atoms with Gasteiger partial charge in [0, 0.05) is 8.66 Å². The minimum absolute atomic E-state index is 0.0785. The molecule has 1 aliphatic carbocycles. The Morgan fingerprint density at radius 2 is 1.67 bits per heavy atom. The first-order chi connectivity index (χ1) is 14.2. The van der Waals surface area contributed by atoms with E-state index in [1.165, 1.54) is 0 Å². The molecule has 2 N–H and O–H groups in total. The Kier molecular flexibility index (Phi) is 4.10. The number of hydrogen-bond donors (Lipinski definition) is 2. The van der Waals surface area contributed by atoms with Crippen LogP contribution >= 0.6 is 0 Å². The van der Waals surface area contributed by atoms with E-state index in [1.807, 2.05) is 48.5 Å². The van der Waals surface area contributed by atoms with Gasteiger partial charge in [-0.15, -0.1) is 0 Å². The molecule has 0 bridgehead atoms. The molecule has 0 saturated carbocycles. The van der Waals surface area contributed by atoms with Crippen LogP contribution in [0.5, 0.6) is 0 Å². The molecule has 2 aromatic rings. The highest BCUT2D eigenvalue weighted by molar-refractivity contribution is 5.83. The minimum atomic E-state index is -3.14. The summed E-state index contributed by atoms with van der Waals surface area (Å²) in [4.78, 5) is 35.3. The summed E-state index contributed by atoms with van der Waals surface area (Å²) in [7, 11) is 0. The number of rotatable bonds is 6. The molecule has 0 fully saturated rings. The van der Waals surface area contributed by atoms with Gasteiger partial charge in [-0.25, -0.2) is 9.59 Å². The number of carboxylic acids is 2. The van der Waals surface area contributed by atoms with Gasteiger partial charge in [0.25, 0.3) is 0 Å². The normalized spacial score (nSPS) is 16.3. The standard InChI is InChI=1S/C20H19NO6/c1-12(19(24)25)21(10-18(22)23)20(26)27-11-17-15-8-4-2-6-13(15)14-7-3-5-9-16(14)17/h2-9,12,17H,10-11H2,1H3,(H,22,23)(H,24,25)/t12-/m0/s1/i1D2,12D. The van der Waals surface area contributed by atoms with E-state index in [2.05, 4.69) is 0 Å². The molecule has 3 rings (SSSR count). The van der Waals surface area contributed by atoms with Gasteiger partial charge in [0.15, 0.2) is 0 Å². The fourth-order valence-electron chi connectivity index (χ4n) is 3.17. The fraction of sp³-hybridized carbons (Fsp3) is 0.250. The lowest BCUT2D eigenvalue weighted by atomic mass is 9.98. The first-order valence-corrected chi connectivity index (χ1v) is 8.10. The molecule has 0 aliphatic heterocycles. The number of aliphatic carboxylic acids is 2. The molecule has 7 heteroatoms. The highest BCUT2D eigenvalue weighted by Crippen LogP contribution is 2.44. The molecule has 140 valence electrons. The third-order valence-corrected chi connectivity index (χ3v) is 4.36. The molecular weight excluding hydrogens is 350 g/mol. The molecule has 0 heterocycles. The van der Waals surface area contributed by atoms with Crippen molar-refractivity contribution in [1.29, 1.82) is 0 Å². The van der Waals surface area contributed by atoms with E-state index in [0.29, 0.717) is 0 Å². The van der Waals surface area contributed by atoms with Gasteiger partial charge in [-0.05, 0) is 29.1 Å². The van der Waals surface area contributed by atoms with Crippen LogP contribution in [-0.2, 0) is 14.3 Å². The van der Waals surface area contributed by atoms with E-state index >= 15 is 0 Å². The maximum Gasteiger partial charge on any atom is 0.411 e. The Morgan fingerprint density at radius 3 is 2.15 bits per heavy atom. The molecule has 2 aromatic carbocycles. The average Bonchev–Trinajstić information content (AvgIpc) is 3.03. The Labute approximate surface area is 160 Å². The Balaban J connectivity index is 1.87. The van der Waals surface area contributed by atoms with Gasteiger partial charge in [-0.2, -0.15) is 0 Å². The highest BCUT2D eigenvalue weighted by atomic mass is 16.6. The first kappa shape index (κ1) is 14.8. The number of hydrogen-bond acceptors (Lipinski definition) is 4. The van der Waals surface area contributed by atoms with Crippen molar-refractivity contribution in [3.05, 3.63) is 59.7 Å². The van der Waals surface area contributed by atoms with Crippen LogP contribution in [0.15, 0.2) is 48.5 Å². The molecule has 0 aromatic heterocycles. The summed E-state index contributed by atoms with van der Waals surface area (Å²) in [5, 5.41) is 18.4. The van der Waals surface area contributed by atoms with E-state index in [1.54, 1.807) is 0 Å². The summed E-state index contributed by atoms with van der Waals surface area (Å²) < 4.78 is 27.9. The Hall–Kier alpha value is -3.35. The van der Waals surface area contributed by atoms with Crippen molar-refractivity contribution in [3.63, 3.8) is 0 Å². The van der Waals surface area contributed by atoms with Crippen LogP contribution in [0.2, 0.25) is 0 Å². The number of amides is 1. The van der Waals surface area contributed by atoms with Crippen molar-refractivity contribution in [3.8, 4) is 11.1 Å². The van der Waals surface area contributed by atoms with Crippen LogP contribution in [0.4, 0.5) is 4.79 Å². The van der Waals surface area contributed by atoms with Crippen molar-refractivity contribution in [2.24, 2.45) is 0 Å². The molecule has 27 heavy (non-hydrogen) atoms. The zero-order valence-electron chi connectivity index (χ0n) is 17.2. The van der Waals surface area contributed by atoms with Crippen LogP contribution in [0.1, 0.15) is 28.0 Å². The molecule has 0 unspecified atom stereocenters. The Bertz CT molecular complexity index is 953. The summed E-state index contributed by atoms with van der Waals surface area (Å²) in [6.45, 7) is -3.78. The van der Waals surface area contributed by atoms with Gasteiger partial charge >= 0.3 is 18.0 Å². The average molecular weight is 372 g/mol. The van der Waals surface area contributed by atoms with E-state index < -0.39 is 37.5 Å². The number of ether oxygens (including phenoxy) is 1. The number of carbonyl (C=O) groups excluding carboxylic acids is 1. The molecule has 0 saturated heterocycles. The smallest absolute Gasteiger partial charge is 0.411 e. The largest absolute Gasteiger partial charge is 0.480 e. The molecule has 0 radical (unpaired) electrons. The Morgan fingerprint density at radius 1 is 1.11 bits per heavy atom. The lowest BCUT2D eigenvalue weighted by molar-refractivity contribution is -0.144.